The minimum absolute atomic E-state index is 0. The van der Waals surface area contributed by atoms with E-state index >= 15 is 0 Å². The fourth-order valence-electron chi connectivity index (χ4n) is 4.89. The molecule has 0 bridgehead atoms. The second kappa shape index (κ2) is 14.1. The number of ether oxygens (including phenoxy) is 2. The molecule has 0 radical (unpaired) electrons. The van der Waals surface area contributed by atoms with Crippen molar-refractivity contribution in [2.24, 2.45) is 5.92 Å². The van der Waals surface area contributed by atoms with Gasteiger partial charge in [0.05, 0.1) is 0 Å². The van der Waals surface area contributed by atoms with Crippen LogP contribution in [0.5, 0.6) is 5.75 Å². The van der Waals surface area contributed by atoms with Crippen molar-refractivity contribution in [3.05, 3.63) is 24.3 Å². The summed E-state index contributed by atoms with van der Waals surface area (Å²) in [5, 5.41) is 3.46. The SMILES string of the molecule is Cl.Cl.O=C(COc1ccc(N2CCN(CCC3CCNCC3)CC2)cc1)OC1CCCC1. The highest BCUT2D eigenvalue weighted by Gasteiger charge is 2.21. The van der Waals surface area contributed by atoms with Gasteiger partial charge >= 0.3 is 5.97 Å². The third-order valence-corrected chi connectivity index (χ3v) is 6.84. The minimum atomic E-state index is -0.258. The lowest BCUT2D eigenvalue weighted by Crippen LogP contribution is -2.47. The Kier molecular flexibility index (Phi) is 11.9. The molecule has 3 aliphatic rings. The van der Waals surface area contributed by atoms with Crippen LogP contribution in [0.2, 0.25) is 0 Å². The molecule has 1 saturated carbocycles. The zero-order valence-corrected chi connectivity index (χ0v) is 20.6. The maximum atomic E-state index is 11.9. The molecule has 2 aliphatic heterocycles. The Labute approximate surface area is 205 Å². The first kappa shape index (κ1) is 27.0. The van der Waals surface area contributed by atoms with Crippen LogP contribution in [0, 0.1) is 5.92 Å². The number of piperazine rings is 1. The molecule has 2 saturated heterocycles. The quantitative estimate of drug-likeness (QED) is 0.561. The van der Waals surface area contributed by atoms with Gasteiger partial charge in [0.25, 0.3) is 0 Å². The molecule has 182 valence electrons. The van der Waals surface area contributed by atoms with Gasteiger partial charge < -0.3 is 19.7 Å². The van der Waals surface area contributed by atoms with E-state index < -0.39 is 0 Å². The average Bonchev–Trinajstić information content (AvgIpc) is 3.31. The Balaban J connectivity index is 0.00000181. The molecule has 0 unspecified atom stereocenters. The molecule has 3 fully saturated rings. The first-order valence-corrected chi connectivity index (χ1v) is 11.9. The van der Waals surface area contributed by atoms with Crippen LogP contribution in [0.4, 0.5) is 5.69 Å². The van der Waals surface area contributed by atoms with Gasteiger partial charge in [-0.2, -0.15) is 0 Å². The molecule has 4 rings (SSSR count). The fourth-order valence-corrected chi connectivity index (χ4v) is 4.89. The zero-order valence-electron chi connectivity index (χ0n) is 19.0. The number of nitrogens with one attached hydrogen (secondary N) is 1. The van der Waals surface area contributed by atoms with Gasteiger partial charge in [-0.15, -0.1) is 24.8 Å². The summed E-state index contributed by atoms with van der Waals surface area (Å²) in [5.74, 6) is 1.38. The summed E-state index contributed by atoms with van der Waals surface area (Å²) in [6, 6.07) is 8.12. The molecule has 1 N–H and O–H groups in total. The summed E-state index contributed by atoms with van der Waals surface area (Å²) in [6.45, 7) is 8.03. The number of esters is 1. The van der Waals surface area contributed by atoms with Crippen LogP contribution in [0.25, 0.3) is 0 Å². The number of rotatable bonds is 8. The van der Waals surface area contributed by atoms with E-state index in [-0.39, 0.29) is 43.5 Å². The lowest BCUT2D eigenvalue weighted by molar-refractivity contribution is -0.151. The van der Waals surface area contributed by atoms with Gasteiger partial charge in [0, 0.05) is 31.9 Å². The molecule has 0 spiro atoms. The Morgan fingerprint density at radius 1 is 0.938 bits per heavy atom. The number of benzene rings is 1. The first-order valence-electron chi connectivity index (χ1n) is 11.9. The summed E-state index contributed by atoms with van der Waals surface area (Å²) in [7, 11) is 0. The van der Waals surface area contributed by atoms with E-state index in [9.17, 15) is 4.79 Å². The number of hydrogen-bond donors (Lipinski definition) is 1. The van der Waals surface area contributed by atoms with Gasteiger partial charge in [-0.1, -0.05) is 0 Å². The third kappa shape index (κ3) is 8.29. The van der Waals surface area contributed by atoms with Crippen LogP contribution < -0.4 is 15.0 Å². The molecule has 0 aromatic heterocycles. The smallest absolute Gasteiger partial charge is 0.344 e. The second-order valence-corrected chi connectivity index (χ2v) is 8.99. The van der Waals surface area contributed by atoms with Crippen molar-refractivity contribution in [2.45, 2.75) is 51.0 Å². The summed E-state index contributed by atoms with van der Waals surface area (Å²) < 4.78 is 11.1. The van der Waals surface area contributed by atoms with Crippen molar-refractivity contribution in [3.8, 4) is 5.75 Å². The van der Waals surface area contributed by atoms with Crippen molar-refractivity contribution < 1.29 is 14.3 Å². The molecule has 2 heterocycles. The standard InChI is InChI=1S/C24H37N3O3.2ClH/c28-24(30-23-3-1-2-4-23)19-29-22-7-5-21(6-8-22)27-17-15-26(16-18-27)14-11-20-9-12-25-13-10-20;;/h5-8,20,23,25H,1-4,9-19H2;2*1H. The lowest BCUT2D eigenvalue weighted by atomic mass is 9.94. The van der Waals surface area contributed by atoms with Crippen molar-refractivity contribution in [2.75, 3.05) is 57.3 Å². The normalized spacial score (nSPS) is 20.3. The highest BCUT2D eigenvalue weighted by atomic mass is 35.5. The van der Waals surface area contributed by atoms with E-state index in [1.54, 1.807) is 0 Å². The summed E-state index contributed by atoms with van der Waals surface area (Å²) in [4.78, 5) is 17.0. The van der Waals surface area contributed by atoms with E-state index in [1.807, 2.05) is 12.1 Å². The number of piperidine rings is 1. The van der Waals surface area contributed by atoms with Gasteiger partial charge in [0.1, 0.15) is 11.9 Å². The number of halogens is 2. The molecule has 0 atom stereocenters. The van der Waals surface area contributed by atoms with E-state index in [1.165, 1.54) is 44.6 Å². The maximum absolute atomic E-state index is 11.9. The van der Waals surface area contributed by atoms with Gasteiger partial charge in [-0.25, -0.2) is 4.79 Å². The highest BCUT2D eigenvalue weighted by Crippen LogP contribution is 2.23. The van der Waals surface area contributed by atoms with Crippen LogP contribution in [0.15, 0.2) is 24.3 Å². The topological polar surface area (TPSA) is 54.0 Å². The summed E-state index contributed by atoms with van der Waals surface area (Å²) >= 11 is 0. The van der Waals surface area contributed by atoms with Gasteiger partial charge in [-0.05, 0) is 94.8 Å². The molecular formula is C24H39Cl2N3O3. The predicted molar refractivity (Wildman–Crippen MR) is 134 cm³/mol. The van der Waals surface area contributed by atoms with Gasteiger partial charge in [-0.3, -0.25) is 4.90 Å². The van der Waals surface area contributed by atoms with Gasteiger partial charge in [0.2, 0.25) is 0 Å². The number of hydrogen-bond acceptors (Lipinski definition) is 6. The van der Waals surface area contributed by atoms with Crippen LogP contribution >= 0.6 is 24.8 Å². The third-order valence-electron chi connectivity index (χ3n) is 6.84. The average molecular weight is 489 g/mol. The van der Waals surface area contributed by atoms with Crippen molar-refractivity contribution in [1.29, 1.82) is 0 Å². The monoisotopic (exact) mass is 487 g/mol. The number of anilines is 1. The Morgan fingerprint density at radius 3 is 2.25 bits per heavy atom. The van der Waals surface area contributed by atoms with Crippen LogP contribution in [0.1, 0.15) is 44.9 Å². The Bertz CT molecular complexity index is 657. The van der Waals surface area contributed by atoms with E-state index in [4.69, 9.17) is 9.47 Å². The van der Waals surface area contributed by atoms with Crippen molar-refractivity contribution in [1.82, 2.24) is 10.2 Å². The number of nitrogens with zero attached hydrogens (tertiary/aromatic N) is 2. The van der Waals surface area contributed by atoms with Crippen LogP contribution in [0.3, 0.4) is 0 Å². The highest BCUT2D eigenvalue weighted by molar-refractivity contribution is 5.85. The summed E-state index contributed by atoms with van der Waals surface area (Å²) in [5.41, 5.74) is 1.23. The molecular weight excluding hydrogens is 449 g/mol. The number of carbonyl (C=O) groups is 1. The molecule has 6 nitrogen and oxygen atoms in total. The predicted octanol–water partition coefficient (Wildman–Crippen LogP) is 3.91. The van der Waals surface area contributed by atoms with E-state index in [0.717, 1.165) is 63.5 Å². The minimum Gasteiger partial charge on any atom is -0.482 e. The second-order valence-electron chi connectivity index (χ2n) is 8.99. The maximum Gasteiger partial charge on any atom is 0.344 e. The molecule has 32 heavy (non-hydrogen) atoms. The molecule has 8 heteroatoms. The number of carbonyl (C=O) groups excluding carboxylic acids is 1. The molecule has 1 aromatic rings. The largest absolute Gasteiger partial charge is 0.482 e. The Hall–Kier alpha value is -1.21. The zero-order chi connectivity index (χ0) is 20.6. The van der Waals surface area contributed by atoms with Crippen molar-refractivity contribution >= 4 is 36.5 Å². The molecule has 1 aliphatic carbocycles. The fraction of sp³-hybridized carbons (Fsp3) is 0.708. The first-order chi connectivity index (χ1) is 14.8. The van der Waals surface area contributed by atoms with E-state index in [2.05, 4.69) is 27.2 Å². The Morgan fingerprint density at radius 2 is 1.59 bits per heavy atom. The van der Waals surface area contributed by atoms with Gasteiger partial charge in [0.15, 0.2) is 6.61 Å². The molecule has 1 aromatic carbocycles. The van der Waals surface area contributed by atoms with E-state index in [0.29, 0.717) is 0 Å². The molecule has 0 amide bonds. The van der Waals surface area contributed by atoms with Crippen molar-refractivity contribution in [3.63, 3.8) is 0 Å². The summed E-state index contributed by atoms with van der Waals surface area (Å²) in [6.07, 6.45) is 8.43. The van der Waals surface area contributed by atoms with Crippen LogP contribution in [-0.4, -0.2) is 69.4 Å². The van der Waals surface area contributed by atoms with Crippen LogP contribution in [-0.2, 0) is 9.53 Å². The lowest BCUT2D eigenvalue weighted by Gasteiger charge is -2.37.